The van der Waals surface area contributed by atoms with Crippen molar-refractivity contribution in [1.82, 2.24) is 20.1 Å². The Balaban J connectivity index is 1.17. The van der Waals surface area contributed by atoms with Gasteiger partial charge in [0.15, 0.2) is 0 Å². The second-order valence-electron chi connectivity index (χ2n) is 8.98. The van der Waals surface area contributed by atoms with E-state index in [0.29, 0.717) is 24.4 Å². The first-order chi connectivity index (χ1) is 15.5. The van der Waals surface area contributed by atoms with Crippen molar-refractivity contribution in [3.63, 3.8) is 0 Å². The largest absolute Gasteiger partial charge is 0.384 e. The highest BCUT2D eigenvalue weighted by molar-refractivity contribution is 6.06. The Morgan fingerprint density at radius 3 is 2.75 bits per heavy atom. The molecule has 2 aromatic rings. The first-order valence-electron chi connectivity index (χ1n) is 11.1. The van der Waals surface area contributed by atoms with Gasteiger partial charge in [-0.3, -0.25) is 29.6 Å². The smallest absolute Gasteiger partial charge is 0.255 e. The predicted octanol–water partition coefficient (Wildman–Crippen LogP) is 1.69. The van der Waals surface area contributed by atoms with Crippen molar-refractivity contribution in [2.45, 2.75) is 38.9 Å². The maximum atomic E-state index is 12.9. The van der Waals surface area contributed by atoms with E-state index in [-0.39, 0.29) is 24.1 Å². The molecule has 3 aliphatic heterocycles. The summed E-state index contributed by atoms with van der Waals surface area (Å²) in [5.74, 6) is -0.242. The molecule has 1 aromatic heterocycles. The van der Waals surface area contributed by atoms with E-state index in [0.717, 1.165) is 43.1 Å². The zero-order chi connectivity index (χ0) is 22.2. The van der Waals surface area contributed by atoms with Crippen LogP contribution in [0.2, 0.25) is 0 Å². The molecule has 4 heterocycles. The predicted molar refractivity (Wildman–Crippen MR) is 119 cm³/mol. The second kappa shape index (κ2) is 8.35. The van der Waals surface area contributed by atoms with E-state index in [9.17, 15) is 14.4 Å². The molecule has 5 rings (SSSR count). The van der Waals surface area contributed by atoms with Crippen LogP contribution in [0.1, 0.15) is 40.0 Å². The Labute approximate surface area is 187 Å². The van der Waals surface area contributed by atoms with Crippen molar-refractivity contribution in [3.05, 3.63) is 58.9 Å². The number of benzene rings is 1. The fourth-order valence-electron chi connectivity index (χ4n) is 4.79. The summed E-state index contributed by atoms with van der Waals surface area (Å²) in [6.07, 6.45) is 2.58. The minimum Gasteiger partial charge on any atom is -0.384 e. The Hall–Kier alpha value is -3.26. The number of rotatable bonds is 6. The zero-order valence-corrected chi connectivity index (χ0v) is 18.1. The standard InChI is InChI=1S/C24H27N5O3/c1-15-5-6-16(9-25-15)11-28-12-17(13-28)10-26-20-4-2-3-18-19(20)14-29(24(18)32)21-7-8-22(30)27-23(21)31/h2-6,9,17,21,26H,7-8,10-14H2,1H3,(H,27,30,31). The lowest BCUT2D eigenvalue weighted by atomic mass is 9.98. The van der Waals surface area contributed by atoms with Crippen LogP contribution >= 0.6 is 0 Å². The third kappa shape index (κ3) is 3.98. The van der Waals surface area contributed by atoms with Crippen molar-refractivity contribution < 1.29 is 14.4 Å². The molecule has 3 aliphatic rings. The van der Waals surface area contributed by atoms with Crippen LogP contribution in [-0.2, 0) is 22.7 Å². The number of pyridine rings is 1. The third-order valence-electron chi connectivity index (χ3n) is 6.57. The first-order valence-corrected chi connectivity index (χ1v) is 11.1. The van der Waals surface area contributed by atoms with Crippen molar-refractivity contribution in [2.75, 3.05) is 25.0 Å². The lowest BCUT2D eigenvalue weighted by Gasteiger charge is -2.39. The van der Waals surface area contributed by atoms with Gasteiger partial charge < -0.3 is 10.2 Å². The number of anilines is 1. The van der Waals surface area contributed by atoms with E-state index in [1.807, 2.05) is 37.4 Å². The topological polar surface area (TPSA) is 94.6 Å². The van der Waals surface area contributed by atoms with Gasteiger partial charge in [-0.25, -0.2) is 0 Å². The van der Waals surface area contributed by atoms with E-state index < -0.39 is 6.04 Å². The molecule has 166 valence electrons. The number of aryl methyl sites for hydroxylation is 1. The number of nitrogens with zero attached hydrogens (tertiary/aromatic N) is 3. The molecule has 0 aliphatic carbocycles. The lowest BCUT2D eigenvalue weighted by Crippen LogP contribution is -2.52. The molecule has 0 spiro atoms. The quantitative estimate of drug-likeness (QED) is 0.674. The van der Waals surface area contributed by atoms with E-state index in [1.54, 1.807) is 4.90 Å². The number of carbonyl (C=O) groups excluding carboxylic acids is 3. The average Bonchev–Trinajstić information content (AvgIpc) is 3.08. The van der Waals surface area contributed by atoms with Crippen molar-refractivity contribution >= 4 is 23.4 Å². The van der Waals surface area contributed by atoms with Gasteiger partial charge in [0.25, 0.3) is 5.91 Å². The highest BCUT2D eigenvalue weighted by atomic mass is 16.2. The Bertz CT molecular complexity index is 1060. The summed E-state index contributed by atoms with van der Waals surface area (Å²) in [6.45, 7) is 6.19. The minimum atomic E-state index is -0.586. The molecule has 2 N–H and O–H groups in total. The molecule has 0 bridgehead atoms. The summed E-state index contributed by atoms with van der Waals surface area (Å²) < 4.78 is 0. The van der Waals surface area contributed by atoms with Gasteiger partial charge in [0, 0.05) is 73.8 Å². The van der Waals surface area contributed by atoms with Gasteiger partial charge in [0.1, 0.15) is 6.04 Å². The molecule has 8 heteroatoms. The minimum absolute atomic E-state index is 0.139. The Kier molecular flexibility index (Phi) is 5.38. The Morgan fingerprint density at radius 1 is 1.16 bits per heavy atom. The third-order valence-corrected chi connectivity index (χ3v) is 6.57. The number of imide groups is 1. The van der Waals surface area contributed by atoms with Crippen LogP contribution in [0.25, 0.3) is 0 Å². The number of hydrogen-bond donors (Lipinski definition) is 2. The molecule has 2 saturated heterocycles. The monoisotopic (exact) mass is 433 g/mol. The highest BCUT2D eigenvalue weighted by Crippen LogP contribution is 2.32. The molecule has 32 heavy (non-hydrogen) atoms. The van der Waals surface area contributed by atoms with E-state index in [2.05, 4.69) is 26.6 Å². The zero-order valence-electron chi connectivity index (χ0n) is 18.1. The molecular formula is C24H27N5O3. The summed E-state index contributed by atoms with van der Waals surface area (Å²) in [4.78, 5) is 45.0. The average molecular weight is 434 g/mol. The van der Waals surface area contributed by atoms with Crippen LogP contribution in [0.4, 0.5) is 5.69 Å². The maximum Gasteiger partial charge on any atom is 0.255 e. The van der Waals surface area contributed by atoms with Crippen LogP contribution in [0.15, 0.2) is 36.5 Å². The fourth-order valence-corrected chi connectivity index (χ4v) is 4.79. The molecule has 8 nitrogen and oxygen atoms in total. The van der Waals surface area contributed by atoms with E-state index >= 15 is 0 Å². The van der Waals surface area contributed by atoms with Gasteiger partial charge in [-0.1, -0.05) is 12.1 Å². The molecule has 3 amide bonds. The van der Waals surface area contributed by atoms with Crippen molar-refractivity contribution in [3.8, 4) is 0 Å². The number of amides is 3. The van der Waals surface area contributed by atoms with Crippen molar-refractivity contribution in [1.29, 1.82) is 0 Å². The molecule has 0 saturated carbocycles. The number of fused-ring (bicyclic) bond motifs is 1. The lowest BCUT2D eigenvalue weighted by molar-refractivity contribution is -0.136. The number of aromatic nitrogens is 1. The maximum absolute atomic E-state index is 12.9. The van der Waals surface area contributed by atoms with Crippen LogP contribution in [0.5, 0.6) is 0 Å². The van der Waals surface area contributed by atoms with Gasteiger partial charge in [-0.15, -0.1) is 0 Å². The van der Waals surface area contributed by atoms with E-state index in [4.69, 9.17) is 0 Å². The van der Waals surface area contributed by atoms with Crippen LogP contribution in [0.3, 0.4) is 0 Å². The normalized spacial score (nSPS) is 21.3. The van der Waals surface area contributed by atoms with Gasteiger partial charge >= 0.3 is 0 Å². The van der Waals surface area contributed by atoms with Gasteiger partial charge in [0.05, 0.1) is 0 Å². The molecule has 1 atom stereocenters. The number of piperidine rings is 1. The van der Waals surface area contributed by atoms with Gasteiger partial charge in [-0.2, -0.15) is 0 Å². The number of carbonyl (C=O) groups is 3. The van der Waals surface area contributed by atoms with Gasteiger partial charge in [-0.05, 0) is 37.1 Å². The molecule has 0 radical (unpaired) electrons. The van der Waals surface area contributed by atoms with Crippen LogP contribution in [0, 0.1) is 12.8 Å². The second-order valence-corrected chi connectivity index (χ2v) is 8.98. The number of likely N-dealkylation sites (tertiary alicyclic amines) is 1. The summed E-state index contributed by atoms with van der Waals surface area (Å²) in [6, 6.07) is 9.28. The summed E-state index contributed by atoms with van der Waals surface area (Å²) >= 11 is 0. The van der Waals surface area contributed by atoms with Gasteiger partial charge in [0.2, 0.25) is 11.8 Å². The molecule has 2 fully saturated rings. The summed E-state index contributed by atoms with van der Waals surface area (Å²) in [5.41, 5.74) is 4.79. The first kappa shape index (κ1) is 20.6. The molecule has 1 aromatic carbocycles. The van der Waals surface area contributed by atoms with E-state index in [1.165, 1.54) is 5.56 Å². The van der Waals surface area contributed by atoms with Crippen molar-refractivity contribution in [2.24, 2.45) is 5.92 Å². The SMILES string of the molecule is Cc1ccc(CN2CC(CNc3cccc4c3CN(C3CCC(=O)NC3=O)C4=O)C2)cn1. The fraction of sp³-hybridized carbons (Fsp3) is 0.417. The van der Waals surface area contributed by atoms with Crippen LogP contribution in [-0.4, -0.2) is 58.2 Å². The Morgan fingerprint density at radius 2 is 2.00 bits per heavy atom. The highest BCUT2D eigenvalue weighted by Gasteiger charge is 2.40. The molecular weight excluding hydrogens is 406 g/mol. The van der Waals surface area contributed by atoms with Crippen LogP contribution < -0.4 is 10.6 Å². The number of nitrogens with one attached hydrogen (secondary N) is 2. The number of hydrogen-bond acceptors (Lipinski definition) is 6. The molecule has 1 unspecified atom stereocenters. The summed E-state index contributed by atoms with van der Waals surface area (Å²) in [7, 11) is 0. The summed E-state index contributed by atoms with van der Waals surface area (Å²) in [5, 5.41) is 5.88.